The van der Waals surface area contributed by atoms with Gasteiger partial charge in [-0.1, -0.05) is 41.6 Å². The third kappa shape index (κ3) is 5.29. The summed E-state index contributed by atoms with van der Waals surface area (Å²) in [7, 11) is 0. The number of hydrogen-bond acceptors (Lipinski definition) is 5. The van der Waals surface area contributed by atoms with Crippen LogP contribution in [0.1, 0.15) is 19.8 Å². The van der Waals surface area contributed by atoms with Gasteiger partial charge in [0.25, 0.3) is 0 Å². The number of benzene rings is 2. The van der Waals surface area contributed by atoms with Crippen molar-refractivity contribution in [3.05, 3.63) is 59.6 Å². The highest BCUT2D eigenvalue weighted by Crippen LogP contribution is 2.28. The Morgan fingerprint density at radius 2 is 1.97 bits per heavy atom. The number of hydrogen-bond donors (Lipinski definition) is 0. The summed E-state index contributed by atoms with van der Waals surface area (Å²) in [6, 6.07) is 17.3. The van der Waals surface area contributed by atoms with E-state index in [-0.39, 0.29) is 17.8 Å². The molecule has 1 saturated heterocycles. The van der Waals surface area contributed by atoms with Crippen LogP contribution >= 0.6 is 23.4 Å². The first-order chi connectivity index (χ1) is 15.2. The maximum absolute atomic E-state index is 12.9. The maximum atomic E-state index is 12.9. The number of carbonyl (C=O) groups excluding carboxylic acids is 1. The van der Waals surface area contributed by atoms with Crippen LogP contribution in [0.2, 0.25) is 5.02 Å². The SMILES string of the molecule is CCN(C(=O)CSc1nnc(-c2ccc(Cl)cc2)n1C[C@@H]1CCCO1)c1ccccc1. The van der Waals surface area contributed by atoms with Crippen molar-refractivity contribution in [3.63, 3.8) is 0 Å². The third-order valence-corrected chi connectivity index (χ3v) is 6.44. The fourth-order valence-corrected chi connectivity index (χ4v) is 4.63. The number of halogens is 1. The van der Waals surface area contributed by atoms with Crippen LogP contribution in [0.5, 0.6) is 0 Å². The summed E-state index contributed by atoms with van der Waals surface area (Å²) < 4.78 is 7.91. The first-order valence-electron chi connectivity index (χ1n) is 10.4. The van der Waals surface area contributed by atoms with E-state index >= 15 is 0 Å². The molecule has 1 fully saturated rings. The summed E-state index contributed by atoms with van der Waals surface area (Å²) >= 11 is 7.46. The predicted molar refractivity (Wildman–Crippen MR) is 125 cm³/mol. The largest absolute Gasteiger partial charge is 0.376 e. The molecule has 6 nitrogen and oxygen atoms in total. The van der Waals surface area contributed by atoms with Gasteiger partial charge in [0.2, 0.25) is 5.91 Å². The standard InChI is InChI=1S/C23H25ClN4O2S/c1-2-27(19-7-4-3-5-8-19)21(29)16-31-23-26-25-22(17-10-12-18(24)13-11-17)28(23)15-20-9-6-14-30-20/h3-5,7-8,10-13,20H,2,6,9,14-16H2,1H3/t20-/m0/s1. The van der Waals surface area contributed by atoms with E-state index in [1.54, 1.807) is 4.90 Å². The van der Waals surface area contributed by atoms with Crippen LogP contribution in [0.3, 0.4) is 0 Å². The molecule has 0 bridgehead atoms. The number of anilines is 1. The molecule has 2 aromatic carbocycles. The normalized spacial score (nSPS) is 15.9. The van der Waals surface area contributed by atoms with Crippen LogP contribution in [0.4, 0.5) is 5.69 Å². The van der Waals surface area contributed by atoms with Gasteiger partial charge in [-0.15, -0.1) is 10.2 Å². The Labute approximate surface area is 191 Å². The van der Waals surface area contributed by atoms with Crippen molar-refractivity contribution in [1.82, 2.24) is 14.8 Å². The van der Waals surface area contributed by atoms with E-state index in [1.165, 1.54) is 11.8 Å². The summed E-state index contributed by atoms with van der Waals surface area (Å²) in [4.78, 5) is 14.7. The highest BCUT2D eigenvalue weighted by molar-refractivity contribution is 7.99. The van der Waals surface area contributed by atoms with Crippen molar-refractivity contribution in [2.24, 2.45) is 0 Å². The van der Waals surface area contributed by atoms with E-state index in [2.05, 4.69) is 14.8 Å². The van der Waals surface area contributed by atoms with Crippen LogP contribution in [0.25, 0.3) is 11.4 Å². The monoisotopic (exact) mass is 456 g/mol. The lowest BCUT2D eigenvalue weighted by atomic mass is 10.2. The van der Waals surface area contributed by atoms with Crippen molar-refractivity contribution < 1.29 is 9.53 Å². The molecule has 0 aliphatic carbocycles. The Morgan fingerprint density at radius 3 is 2.65 bits per heavy atom. The number of thioether (sulfide) groups is 1. The molecule has 1 amide bonds. The fraction of sp³-hybridized carbons (Fsp3) is 0.348. The van der Waals surface area contributed by atoms with Gasteiger partial charge in [-0.2, -0.15) is 0 Å². The molecule has 1 atom stereocenters. The van der Waals surface area contributed by atoms with E-state index in [4.69, 9.17) is 16.3 Å². The molecule has 2 heterocycles. The summed E-state index contributed by atoms with van der Waals surface area (Å²) in [5, 5.41) is 10.2. The number of rotatable bonds is 8. The minimum Gasteiger partial charge on any atom is -0.376 e. The van der Waals surface area contributed by atoms with Gasteiger partial charge in [-0.3, -0.25) is 9.36 Å². The number of aromatic nitrogens is 3. The molecule has 1 aliphatic heterocycles. The molecule has 4 rings (SSSR count). The highest BCUT2D eigenvalue weighted by atomic mass is 35.5. The molecule has 1 aliphatic rings. The molecule has 1 aromatic heterocycles. The second-order valence-electron chi connectivity index (χ2n) is 7.32. The van der Waals surface area contributed by atoms with Gasteiger partial charge in [-0.25, -0.2) is 0 Å². The van der Waals surface area contributed by atoms with Gasteiger partial charge in [0.05, 0.1) is 18.4 Å². The number of amides is 1. The average molecular weight is 457 g/mol. The zero-order valence-electron chi connectivity index (χ0n) is 17.4. The first kappa shape index (κ1) is 21.9. The maximum Gasteiger partial charge on any atom is 0.237 e. The minimum atomic E-state index is 0.0402. The molecule has 0 radical (unpaired) electrons. The second-order valence-corrected chi connectivity index (χ2v) is 8.70. The molecule has 8 heteroatoms. The highest BCUT2D eigenvalue weighted by Gasteiger charge is 2.23. The third-order valence-electron chi connectivity index (χ3n) is 5.24. The minimum absolute atomic E-state index is 0.0402. The van der Waals surface area contributed by atoms with E-state index in [1.807, 2.05) is 61.5 Å². The van der Waals surface area contributed by atoms with Crippen molar-refractivity contribution in [3.8, 4) is 11.4 Å². The number of ether oxygens (including phenoxy) is 1. The molecular formula is C23H25ClN4O2S. The lowest BCUT2D eigenvalue weighted by Crippen LogP contribution is -2.32. The van der Waals surface area contributed by atoms with E-state index in [9.17, 15) is 4.79 Å². The van der Waals surface area contributed by atoms with Gasteiger partial charge in [-0.05, 0) is 56.2 Å². The van der Waals surface area contributed by atoms with Crippen molar-refractivity contribution >= 4 is 35.0 Å². The molecule has 0 N–H and O–H groups in total. The fourth-order valence-electron chi connectivity index (χ4n) is 3.68. The Kier molecular flexibility index (Phi) is 7.27. The Balaban J connectivity index is 1.54. The van der Waals surface area contributed by atoms with Crippen molar-refractivity contribution in [1.29, 1.82) is 0 Å². The van der Waals surface area contributed by atoms with Crippen LogP contribution in [0, 0.1) is 0 Å². The molecule has 31 heavy (non-hydrogen) atoms. The summed E-state index contributed by atoms with van der Waals surface area (Å²) in [6.45, 7) is 4.04. The summed E-state index contributed by atoms with van der Waals surface area (Å²) in [6.07, 6.45) is 2.21. The van der Waals surface area contributed by atoms with Crippen LogP contribution in [-0.4, -0.2) is 45.7 Å². The lowest BCUT2D eigenvalue weighted by molar-refractivity contribution is -0.116. The number of carbonyl (C=O) groups is 1. The van der Waals surface area contributed by atoms with Crippen LogP contribution in [0.15, 0.2) is 59.8 Å². The van der Waals surface area contributed by atoms with Crippen LogP contribution in [-0.2, 0) is 16.1 Å². The van der Waals surface area contributed by atoms with Crippen molar-refractivity contribution in [2.75, 3.05) is 23.8 Å². The van der Waals surface area contributed by atoms with Gasteiger partial charge in [0.1, 0.15) is 0 Å². The van der Waals surface area contributed by atoms with Gasteiger partial charge >= 0.3 is 0 Å². The topological polar surface area (TPSA) is 60.2 Å². The Bertz CT molecular complexity index is 1000. The van der Waals surface area contributed by atoms with Crippen molar-refractivity contribution in [2.45, 2.75) is 37.6 Å². The Hall–Kier alpha value is -2.35. The summed E-state index contributed by atoms with van der Waals surface area (Å²) in [5.41, 5.74) is 1.84. The first-order valence-corrected chi connectivity index (χ1v) is 11.8. The van der Waals surface area contributed by atoms with Gasteiger partial charge < -0.3 is 9.64 Å². The molecular weight excluding hydrogens is 432 g/mol. The van der Waals surface area contributed by atoms with E-state index < -0.39 is 0 Å². The quantitative estimate of drug-likeness (QED) is 0.450. The molecule has 0 spiro atoms. The lowest BCUT2D eigenvalue weighted by Gasteiger charge is -2.21. The Morgan fingerprint density at radius 1 is 1.19 bits per heavy atom. The molecule has 0 unspecified atom stereocenters. The smallest absolute Gasteiger partial charge is 0.237 e. The van der Waals surface area contributed by atoms with Gasteiger partial charge in [0, 0.05) is 29.4 Å². The van der Waals surface area contributed by atoms with E-state index in [0.29, 0.717) is 18.1 Å². The summed E-state index contributed by atoms with van der Waals surface area (Å²) in [5.74, 6) is 1.09. The zero-order chi connectivity index (χ0) is 21.6. The predicted octanol–water partition coefficient (Wildman–Crippen LogP) is 4.92. The molecule has 162 valence electrons. The zero-order valence-corrected chi connectivity index (χ0v) is 19.0. The van der Waals surface area contributed by atoms with Gasteiger partial charge in [0.15, 0.2) is 11.0 Å². The second kappa shape index (κ2) is 10.3. The van der Waals surface area contributed by atoms with E-state index in [0.717, 1.165) is 41.7 Å². The molecule has 3 aromatic rings. The molecule has 0 saturated carbocycles. The average Bonchev–Trinajstić information content (AvgIpc) is 3.45. The number of nitrogens with zero attached hydrogens (tertiary/aromatic N) is 4. The number of para-hydroxylation sites is 1. The van der Waals surface area contributed by atoms with Crippen LogP contribution < -0.4 is 4.90 Å².